The zero-order chi connectivity index (χ0) is 13.2. The van der Waals surface area contributed by atoms with Crippen molar-refractivity contribution >= 4 is 33.2 Å². The van der Waals surface area contributed by atoms with E-state index in [2.05, 4.69) is 21.2 Å². The Bertz CT molecular complexity index is 611. The van der Waals surface area contributed by atoms with Crippen molar-refractivity contribution < 1.29 is 9.53 Å². The number of nitrogens with one attached hydrogen (secondary N) is 1. The van der Waals surface area contributed by atoms with E-state index < -0.39 is 0 Å². The van der Waals surface area contributed by atoms with Crippen LogP contribution in [0.2, 0.25) is 0 Å². The second kappa shape index (κ2) is 5.35. The molecule has 1 unspecified atom stereocenters. The molecule has 1 aromatic heterocycles. The fourth-order valence-electron chi connectivity index (χ4n) is 2.17. The van der Waals surface area contributed by atoms with E-state index in [1.54, 1.807) is 0 Å². The summed E-state index contributed by atoms with van der Waals surface area (Å²) in [5.74, 6) is 0.827. The van der Waals surface area contributed by atoms with Crippen molar-refractivity contribution in [3.8, 4) is 5.75 Å². The Labute approximate surface area is 123 Å². The van der Waals surface area contributed by atoms with Gasteiger partial charge in [0.2, 0.25) is 0 Å². The highest BCUT2D eigenvalue weighted by molar-refractivity contribution is 9.10. The number of halogens is 1. The summed E-state index contributed by atoms with van der Waals surface area (Å²) in [4.78, 5) is 12.9. The number of hydrogen-bond acceptors (Lipinski definition) is 3. The lowest BCUT2D eigenvalue weighted by Crippen LogP contribution is -2.31. The summed E-state index contributed by atoms with van der Waals surface area (Å²) in [6.07, 6.45) is 0.797. The van der Waals surface area contributed by atoms with E-state index in [1.807, 2.05) is 35.7 Å². The molecule has 98 valence electrons. The smallest absolute Gasteiger partial charge is 0.262 e. The van der Waals surface area contributed by atoms with Crippen molar-refractivity contribution in [1.82, 2.24) is 5.32 Å². The summed E-state index contributed by atoms with van der Waals surface area (Å²) >= 11 is 4.83. The minimum atomic E-state index is -0.0384. The van der Waals surface area contributed by atoms with Crippen LogP contribution < -0.4 is 10.1 Å². The lowest BCUT2D eigenvalue weighted by atomic mass is 10.0. The number of ether oxygens (including phenoxy) is 1. The van der Waals surface area contributed by atoms with E-state index in [0.717, 1.165) is 22.2 Å². The number of thiophene rings is 1. The van der Waals surface area contributed by atoms with E-state index in [1.165, 1.54) is 11.3 Å². The second-order valence-corrected chi connectivity index (χ2v) is 6.07. The highest BCUT2D eigenvalue weighted by atomic mass is 79.9. The molecule has 1 amide bonds. The highest BCUT2D eigenvalue weighted by Crippen LogP contribution is 2.32. The number of rotatable bonds is 2. The lowest BCUT2D eigenvalue weighted by Gasteiger charge is -2.26. The number of hydrogen-bond donors (Lipinski definition) is 1. The van der Waals surface area contributed by atoms with Gasteiger partial charge in [-0.05, 0) is 33.4 Å². The lowest BCUT2D eigenvalue weighted by molar-refractivity contribution is 0.0928. The Hall–Kier alpha value is -1.33. The highest BCUT2D eigenvalue weighted by Gasteiger charge is 2.24. The summed E-state index contributed by atoms with van der Waals surface area (Å²) in [7, 11) is 0. The maximum Gasteiger partial charge on any atom is 0.262 e. The first-order chi connectivity index (χ1) is 9.25. The van der Waals surface area contributed by atoms with E-state index in [-0.39, 0.29) is 11.9 Å². The fourth-order valence-corrected chi connectivity index (χ4v) is 3.63. The van der Waals surface area contributed by atoms with Gasteiger partial charge in [-0.3, -0.25) is 4.79 Å². The number of carbonyl (C=O) groups excluding carboxylic acids is 1. The summed E-state index contributed by atoms with van der Waals surface area (Å²) < 4.78 is 6.43. The van der Waals surface area contributed by atoms with Gasteiger partial charge in [0.15, 0.2) is 0 Å². The summed E-state index contributed by atoms with van der Waals surface area (Å²) in [5.41, 5.74) is 1.05. The Kier molecular flexibility index (Phi) is 3.57. The van der Waals surface area contributed by atoms with Crippen LogP contribution in [0.15, 0.2) is 40.2 Å². The van der Waals surface area contributed by atoms with Gasteiger partial charge in [-0.1, -0.05) is 18.2 Å². The predicted molar refractivity (Wildman–Crippen MR) is 78.8 cm³/mol. The van der Waals surface area contributed by atoms with Crippen LogP contribution in [0.3, 0.4) is 0 Å². The molecule has 3 nitrogen and oxygen atoms in total. The standard InChI is InChI=1S/C14H12BrNO2S/c15-10-6-8-19-13(10)14(17)16-11-5-7-18-12-4-2-1-3-9(11)12/h1-4,6,8,11H,5,7H2,(H,16,17). The van der Waals surface area contributed by atoms with Gasteiger partial charge < -0.3 is 10.1 Å². The number of para-hydroxylation sites is 1. The van der Waals surface area contributed by atoms with E-state index in [9.17, 15) is 4.79 Å². The summed E-state index contributed by atoms with van der Waals surface area (Å²) in [6, 6.07) is 9.76. The Morgan fingerprint density at radius 3 is 3.00 bits per heavy atom. The third kappa shape index (κ3) is 2.53. The largest absolute Gasteiger partial charge is 0.493 e. The summed E-state index contributed by atoms with van der Waals surface area (Å²) in [6.45, 7) is 0.633. The second-order valence-electron chi connectivity index (χ2n) is 4.30. The Balaban J connectivity index is 1.82. The predicted octanol–water partition coefficient (Wildman–Crippen LogP) is 3.76. The van der Waals surface area contributed by atoms with Gasteiger partial charge in [0, 0.05) is 16.5 Å². The first-order valence-corrected chi connectivity index (χ1v) is 7.68. The zero-order valence-electron chi connectivity index (χ0n) is 10.1. The molecule has 3 rings (SSSR count). The van der Waals surface area contributed by atoms with Gasteiger partial charge in [-0.25, -0.2) is 0 Å². The topological polar surface area (TPSA) is 38.3 Å². The monoisotopic (exact) mass is 337 g/mol. The molecule has 1 aliphatic rings. The number of carbonyl (C=O) groups is 1. The average molecular weight is 338 g/mol. The van der Waals surface area contributed by atoms with Crippen molar-refractivity contribution in [3.05, 3.63) is 50.6 Å². The molecule has 0 saturated carbocycles. The Morgan fingerprint density at radius 1 is 1.37 bits per heavy atom. The van der Waals surface area contributed by atoms with Crippen LogP contribution in [-0.2, 0) is 0 Å². The van der Waals surface area contributed by atoms with Gasteiger partial charge in [-0.15, -0.1) is 11.3 Å². The van der Waals surface area contributed by atoms with Crippen LogP contribution in [0.5, 0.6) is 5.75 Å². The molecule has 1 atom stereocenters. The van der Waals surface area contributed by atoms with Crippen molar-refractivity contribution in [3.63, 3.8) is 0 Å². The molecule has 0 bridgehead atoms. The molecule has 0 aliphatic carbocycles. The van der Waals surface area contributed by atoms with Crippen LogP contribution in [0, 0.1) is 0 Å². The van der Waals surface area contributed by atoms with Gasteiger partial charge in [0.1, 0.15) is 10.6 Å². The van der Waals surface area contributed by atoms with E-state index >= 15 is 0 Å². The molecule has 0 saturated heterocycles. The summed E-state index contributed by atoms with van der Waals surface area (Å²) in [5, 5.41) is 4.98. The number of fused-ring (bicyclic) bond motifs is 1. The van der Waals surface area contributed by atoms with Gasteiger partial charge in [0.05, 0.1) is 12.6 Å². The number of amides is 1. The molecular weight excluding hydrogens is 326 g/mol. The van der Waals surface area contributed by atoms with Crippen LogP contribution in [0.1, 0.15) is 27.7 Å². The molecular formula is C14H12BrNO2S. The van der Waals surface area contributed by atoms with E-state index in [0.29, 0.717) is 11.5 Å². The third-order valence-corrected chi connectivity index (χ3v) is 4.92. The normalized spacial score (nSPS) is 17.4. The fraction of sp³-hybridized carbons (Fsp3) is 0.214. The first-order valence-electron chi connectivity index (χ1n) is 6.01. The minimum absolute atomic E-state index is 0.0199. The zero-order valence-corrected chi connectivity index (χ0v) is 12.5. The van der Waals surface area contributed by atoms with Gasteiger partial charge >= 0.3 is 0 Å². The van der Waals surface area contributed by atoms with Crippen molar-refractivity contribution in [2.75, 3.05) is 6.61 Å². The minimum Gasteiger partial charge on any atom is -0.493 e. The third-order valence-electron chi connectivity index (χ3n) is 3.09. The molecule has 0 radical (unpaired) electrons. The maximum absolute atomic E-state index is 12.2. The van der Waals surface area contributed by atoms with E-state index in [4.69, 9.17) is 4.74 Å². The maximum atomic E-state index is 12.2. The van der Waals surface area contributed by atoms with Crippen molar-refractivity contribution in [1.29, 1.82) is 0 Å². The van der Waals surface area contributed by atoms with Crippen LogP contribution in [0.25, 0.3) is 0 Å². The Morgan fingerprint density at radius 2 is 2.21 bits per heavy atom. The molecule has 2 heterocycles. The van der Waals surface area contributed by atoms with Crippen LogP contribution in [0.4, 0.5) is 0 Å². The SMILES string of the molecule is O=C(NC1CCOc2ccccc21)c1sccc1Br. The molecule has 0 spiro atoms. The average Bonchev–Trinajstić information content (AvgIpc) is 2.85. The van der Waals surface area contributed by atoms with Crippen LogP contribution >= 0.6 is 27.3 Å². The molecule has 19 heavy (non-hydrogen) atoms. The van der Waals surface area contributed by atoms with Crippen molar-refractivity contribution in [2.24, 2.45) is 0 Å². The van der Waals surface area contributed by atoms with Crippen LogP contribution in [-0.4, -0.2) is 12.5 Å². The molecule has 1 aromatic carbocycles. The molecule has 0 fully saturated rings. The van der Waals surface area contributed by atoms with Gasteiger partial charge in [-0.2, -0.15) is 0 Å². The van der Waals surface area contributed by atoms with Crippen molar-refractivity contribution in [2.45, 2.75) is 12.5 Å². The molecule has 5 heteroatoms. The molecule has 1 N–H and O–H groups in total. The van der Waals surface area contributed by atoms with Gasteiger partial charge in [0.25, 0.3) is 5.91 Å². The first kappa shape index (κ1) is 12.7. The molecule has 2 aromatic rings. The molecule has 1 aliphatic heterocycles. The quantitative estimate of drug-likeness (QED) is 0.905. The number of benzene rings is 1.